The minimum atomic E-state index is -0.0334. The van der Waals surface area contributed by atoms with Gasteiger partial charge in [-0.25, -0.2) is 9.97 Å². The molecule has 140 valence electrons. The number of fused-ring (bicyclic) bond motifs is 2. The number of pyridine rings is 1. The standard InChI is InChI=1S/C19H19N3O3S2/c1-24-13-6-11(7-14(8-13)25-2)5-12-3-4-16-17(20-12)21-19-22(18(16)23)9-15(10-26)27-19/h3-4,6-8,15,26H,5,9-10H2,1-2H3. The quantitative estimate of drug-likeness (QED) is 0.524. The predicted molar refractivity (Wildman–Crippen MR) is 110 cm³/mol. The smallest absolute Gasteiger partial charge is 0.263 e. The summed E-state index contributed by atoms with van der Waals surface area (Å²) in [6.45, 7) is 0.649. The molecule has 0 fully saturated rings. The molecule has 0 N–H and O–H groups in total. The lowest BCUT2D eigenvalue weighted by molar-refractivity contribution is 0.393. The van der Waals surface area contributed by atoms with Crippen LogP contribution in [0.5, 0.6) is 11.5 Å². The van der Waals surface area contributed by atoms with E-state index in [1.807, 2.05) is 30.3 Å². The minimum Gasteiger partial charge on any atom is -0.497 e. The normalized spacial score (nSPS) is 15.7. The molecule has 0 bridgehead atoms. The highest BCUT2D eigenvalue weighted by Gasteiger charge is 2.25. The number of thiol groups is 1. The van der Waals surface area contributed by atoms with E-state index in [0.29, 0.717) is 29.8 Å². The molecule has 4 rings (SSSR count). The van der Waals surface area contributed by atoms with Crippen molar-refractivity contribution >= 4 is 35.4 Å². The van der Waals surface area contributed by atoms with Gasteiger partial charge in [-0.2, -0.15) is 12.6 Å². The van der Waals surface area contributed by atoms with Gasteiger partial charge < -0.3 is 9.47 Å². The van der Waals surface area contributed by atoms with E-state index >= 15 is 0 Å². The first-order valence-corrected chi connectivity index (χ1v) is 10.0. The molecule has 0 aliphatic carbocycles. The molecule has 8 heteroatoms. The van der Waals surface area contributed by atoms with E-state index in [0.717, 1.165) is 27.9 Å². The maximum Gasteiger partial charge on any atom is 0.263 e. The van der Waals surface area contributed by atoms with Crippen LogP contribution in [0.4, 0.5) is 0 Å². The zero-order valence-electron chi connectivity index (χ0n) is 15.0. The molecule has 6 nitrogen and oxygen atoms in total. The van der Waals surface area contributed by atoms with Crippen LogP contribution in [0.3, 0.4) is 0 Å². The Kier molecular flexibility index (Phi) is 5.01. The maximum absolute atomic E-state index is 12.7. The lowest BCUT2D eigenvalue weighted by Gasteiger charge is -2.09. The highest BCUT2D eigenvalue weighted by Crippen LogP contribution is 2.30. The summed E-state index contributed by atoms with van der Waals surface area (Å²) in [5, 5.41) is 1.54. The molecular weight excluding hydrogens is 382 g/mol. The summed E-state index contributed by atoms with van der Waals surface area (Å²) in [4.78, 5) is 22.0. The van der Waals surface area contributed by atoms with Crippen molar-refractivity contribution in [1.82, 2.24) is 14.5 Å². The van der Waals surface area contributed by atoms with Crippen molar-refractivity contribution in [2.75, 3.05) is 20.0 Å². The van der Waals surface area contributed by atoms with Gasteiger partial charge in [0.05, 0.1) is 19.6 Å². The van der Waals surface area contributed by atoms with E-state index in [2.05, 4.69) is 22.6 Å². The summed E-state index contributed by atoms with van der Waals surface area (Å²) in [5.41, 5.74) is 2.31. The summed E-state index contributed by atoms with van der Waals surface area (Å²) in [6.07, 6.45) is 0.593. The third kappa shape index (κ3) is 3.51. The second-order valence-corrected chi connectivity index (χ2v) is 7.94. The van der Waals surface area contributed by atoms with Crippen LogP contribution in [0.25, 0.3) is 11.0 Å². The van der Waals surface area contributed by atoms with Gasteiger partial charge in [0.15, 0.2) is 10.8 Å². The van der Waals surface area contributed by atoms with Crippen LogP contribution in [0, 0.1) is 0 Å². The third-order valence-corrected chi connectivity index (χ3v) is 6.36. The molecule has 1 unspecified atom stereocenters. The first kappa shape index (κ1) is 18.2. The molecule has 1 atom stereocenters. The first-order chi connectivity index (χ1) is 13.1. The number of thioether (sulfide) groups is 1. The molecule has 0 radical (unpaired) electrons. The molecule has 1 aliphatic rings. The lowest BCUT2D eigenvalue weighted by Crippen LogP contribution is -2.22. The van der Waals surface area contributed by atoms with Crippen LogP contribution in [-0.2, 0) is 13.0 Å². The van der Waals surface area contributed by atoms with Crippen molar-refractivity contribution in [2.24, 2.45) is 0 Å². The van der Waals surface area contributed by atoms with E-state index in [1.165, 1.54) is 0 Å². The van der Waals surface area contributed by atoms with Gasteiger partial charge in [0.2, 0.25) is 0 Å². The van der Waals surface area contributed by atoms with Crippen LogP contribution >= 0.6 is 24.4 Å². The van der Waals surface area contributed by atoms with Gasteiger partial charge in [0.1, 0.15) is 11.5 Å². The van der Waals surface area contributed by atoms with Crippen LogP contribution in [0.15, 0.2) is 40.3 Å². The van der Waals surface area contributed by atoms with Gasteiger partial charge in [-0.3, -0.25) is 9.36 Å². The van der Waals surface area contributed by atoms with Crippen molar-refractivity contribution in [3.8, 4) is 11.5 Å². The Morgan fingerprint density at radius 2 is 1.93 bits per heavy atom. The molecule has 2 aromatic heterocycles. The zero-order chi connectivity index (χ0) is 19.0. The predicted octanol–water partition coefficient (Wildman–Crippen LogP) is 2.80. The summed E-state index contributed by atoms with van der Waals surface area (Å²) in [6, 6.07) is 9.43. The largest absolute Gasteiger partial charge is 0.497 e. The van der Waals surface area contributed by atoms with E-state index in [4.69, 9.17) is 9.47 Å². The summed E-state index contributed by atoms with van der Waals surface area (Å²) in [5.74, 6) is 2.17. The fraction of sp³-hybridized carbons (Fsp3) is 0.316. The molecule has 0 saturated carbocycles. The molecule has 27 heavy (non-hydrogen) atoms. The fourth-order valence-corrected chi connectivity index (χ4v) is 4.49. The SMILES string of the molecule is COc1cc(Cc2ccc3c(=O)n4c(nc3n2)SC(CS)C4)cc(OC)c1. The van der Waals surface area contributed by atoms with Gasteiger partial charge in [-0.05, 0) is 29.8 Å². The third-order valence-electron chi connectivity index (χ3n) is 4.50. The number of nitrogens with zero attached hydrogens (tertiary/aromatic N) is 3. The average molecular weight is 402 g/mol. The second kappa shape index (κ2) is 7.44. The number of hydrogen-bond acceptors (Lipinski definition) is 7. The lowest BCUT2D eigenvalue weighted by atomic mass is 10.1. The molecule has 3 aromatic rings. The van der Waals surface area contributed by atoms with E-state index in [1.54, 1.807) is 30.5 Å². The minimum absolute atomic E-state index is 0.0334. The summed E-state index contributed by atoms with van der Waals surface area (Å²) >= 11 is 5.93. The highest BCUT2D eigenvalue weighted by atomic mass is 32.2. The molecule has 0 spiro atoms. The van der Waals surface area contributed by atoms with Crippen molar-refractivity contribution in [3.05, 3.63) is 51.9 Å². The average Bonchev–Trinajstić information content (AvgIpc) is 3.11. The topological polar surface area (TPSA) is 66.2 Å². The summed E-state index contributed by atoms with van der Waals surface area (Å²) in [7, 11) is 3.25. The molecule has 3 heterocycles. The van der Waals surface area contributed by atoms with Crippen LogP contribution < -0.4 is 15.0 Å². The van der Waals surface area contributed by atoms with Crippen LogP contribution in [0.2, 0.25) is 0 Å². The Balaban J connectivity index is 1.71. The van der Waals surface area contributed by atoms with Gasteiger partial charge in [0.25, 0.3) is 5.56 Å². The van der Waals surface area contributed by atoms with Crippen molar-refractivity contribution in [1.29, 1.82) is 0 Å². The first-order valence-electron chi connectivity index (χ1n) is 8.51. The zero-order valence-corrected chi connectivity index (χ0v) is 16.7. The second-order valence-electron chi connectivity index (χ2n) is 6.30. The van der Waals surface area contributed by atoms with Gasteiger partial charge >= 0.3 is 0 Å². The molecular formula is C19H19N3O3S2. The fourth-order valence-electron chi connectivity index (χ4n) is 3.13. The Morgan fingerprint density at radius 3 is 2.59 bits per heavy atom. The van der Waals surface area contributed by atoms with Crippen molar-refractivity contribution in [3.63, 3.8) is 0 Å². The monoisotopic (exact) mass is 401 g/mol. The van der Waals surface area contributed by atoms with Crippen molar-refractivity contribution < 1.29 is 9.47 Å². The van der Waals surface area contributed by atoms with E-state index < -0.39 is 0 Å². The molecule has 1 aliphatic heterocycles. The molecule has 0 amide bonds. The Labute approximate surface area is 166 Å². The number of hydrogen-bond donors (Lipinski definition) is 1. The number of ether oxygens (including phenoxy) is 2. The van der Waals surface area contributed by atoms with E-state index in [9.17, 15) is 4.79 Å². The van der Waals surface area contributed by atoms with Crippen LogP contribution in [-0.4, -0.2) is 39.8 Å². The number of aromatic nitrogens is 3. The summed E-state index contributed by atoms with van der Waals surface area (Å²) < 4.78 is 12.4. The van der Waals surface area contributed by atoms with Gasteiger partial charge in [-0.1, -0.05) is 11.8 Å². The number of methoxy groups -OCH3 is 2. The van der Waals surface area contributed by atoms with Gasteiger partial charge in [0, 0.05) is 35.7 Å². The Bertz CT molecular complexity index is 1050. The highest BCUT2D eigenvalue weighted by molar-refractivity contribution is 8.00. The Morgan fingerprint density at radius 1 is 1.19 bits per heavy atom. The van der Waals surface area contributed by atoms with Crippen molar-refractivity contribution in [2.45, 2.75) is 23.4 Å². The molecule has 1 aromatic carbocycles. The van der Waals surface area contributed by atoms with Gasteiger partial charge in [-0.15, -0.1) is 0 Å². The van der Waals surface area contributed by atoms with E-state index in [-0.39, 0.29) is 10.8 Å². The number of rotatable bonds is 5. The number of benzene rings is 1. The molecule has 0 saturated heterocycles. The van der Waals surface area contributed by atoms with Crippen LogP contribution in [0.1, 0.15) is 11.3 Å². The Hall–Kier alpha value is -2.19. The maximum atomic E-state index is 12.7.